The summed E-state index contributed by atoms with van der Waals surface area (Å²) in [5.41, 5.74) is 6.38. The molecule has 0 heterocycles. The number of hydrogen-bond donors (Lipinski definition) is 3. The first-order chi connectivity index (χ1) is 8.99. The highest BCUT2D eigenvalue weighted by atomic mass is 35.5. The first kappa shape index (κ1) is 13.5. The van der Waals surface area contributed by atoms with Gasteiger partial charge in [0.1, 0.15) is 5.75 Å². The Bertz CT molecular complexity index is 624. The summed E-state index contributed by atoms with van der Waals surface area (Å²) in [5.74, 6) is -0.548. The molecule has 0 bridgehead atoms. The molecule has 4 N–H and O–H groups in total. The van der Waals surface area contributed by atoms with Crippen molar-refractivity contribution in [1.29, 1.82) is 0 Å². The number of nitrogens with one attached hydrogen (secondary N) is 1. The minimum absolute atomic E-state index is 0.0513. The third-order valence-corrected chi connectivity index (χ3v) is 3.11. The van der Waals surface area contributed by atoms with Crippen molar-refractivity contribution in [3.8, 4) is 5.75 Å². The Balaban J connectivity index is 2.34. The molecule has 4 nitrogen and oxygen atoms in total. The Morgan fingerprint density at radius 2 is 1.79 bits per heavy atom. The topological polar surface area (TPSA) is 75.3 Å². The van der Waals surface area contributed by atoms with Crippen LogP contribution < -0.4 is 11.1 Å². The molecule has 0 aliphatic heterocycles. The van der Waals surface area contributed by atoms with Crippen LogP contribution in [-0.4, -0.2) is 11.0 Å². The minimum atomic E-state index is -0.497. The third-order valence-electron chi connectivity index (χ3n) is 2.48. The fourth-order valence-corrected chi connectivity index (χ4v) is 2.03. The van der Waals surface area contributed by atoms with Crippen molar-refractivity contribution in [2.75, 3.05) is 11.1 Å². The fourth-order valence-electron chi connectivity index (χ4n) is 1.54. The van der Waals surface area contributed by atoms with Crippen LogP contribution in [0.15, 0.2) is 36.4 Å². The van der Waals surface area contributed by atoms with Gasteiger partial charge in [-0.05, 0) is 30.3 Å². The number of halogens is 2. The molecule has 0 unspecified atom stereocenters. The molecule has 0 atom stereocenters. The average Bonchev–Trinajstić information content (AvgIpc) is 2.37. The zero-order valence-corrected chi connectivity index (χ0v) is 11.2. The molecular formula is C13H10Cl2N2O2. The smallest absolute Gasteiger partial charge is 0.257 e. The van der Waals surface area contributed by atoms with Crippen LogP contribution in [0.1, 0.15) is 10.4 Å². The van der Waals surface area contributed by atoms with Crippen LogP contribution in [0.2, 0.25) is 10.0 Å². The summed E-state index contributed by atoms with van der Waals surface area (Å²) in [6.07, 6.45) is 0. The van der Waals surface area contributed by atoms with Crippen LogP contribution in [0.5, 0.6) is 5.75 Å². The van der Waals surface area contributed by atoms with E-state index in [1.54, 1.807) is 18.2 Å². The lowest BCUT2D eigenvalue weighted by atomic mass is 10.1. The van der Waals surface area contributed by atoms with Crippen LogP contribution in [0.25, 0.3) is 0 Å². The van der Waals surface area contributed by atoms with Gasteiger partial charge in [0.2, 0.25) is 0 Å². The molecule has 0 aliphatic rings. The molecule has 0 spiro atoms. The molecule has 2 aromatic rings. The molecule has 1 amide bonds. The number of benzene rings is 2. The molecule has 0 aromatic heterocycles. The van der Waals surface area contributed by atoms with Crippen molar-refractivity contribution in [3.63, 3.8) is 0 Å². The van der Waals surface area contributed by atoms with Gasteiger partial charge in [-0.15, -0.1) is 0 Å². The van der Waals surface area contributed by atoms with Crippen LogP contribution in [0, 0.1) is 0 Å². The van der Waals surface area contributed by atoms with Gasteiger partial charge in [0, 0.05) is 5.69 Å². The van der Waals surface area contributed by atoms with E-state index in [4.69, 9.17) is 28.9 Å². The lowest BCUT2D eigenvalue weighted by Gasteiger charge is -2.10. The number of phenolic OH excluding ortho intramolecular Hbond substituents is 1. The molecule has 0 aliphatic carbocycles. The number of nitrogens with two attached hydrogens (primary N) is 1. The second kappa shape index (κ2) is 5.38. The lowest BCUT2D eigenvalue weighted by Crippen LogP contribution is -2.14. The van der Waals surface area contributed by atoms with E-state index >= 15 is 0 Å². The number of nitrogen functional groups attached to an aromatic ring is 1. The van der Waals surface area contributed by atoms with Gasteiger partial charge in [0.25, 0.3) is 5.91 Å². The van der Waals surface area contributed by atoms with Crippen molar-refractivity contribution in [2.45, 2.75) is 0 Å². The zero-order valence-electron chi connectivity index (χ0n) is 9.65. The molecular weight excluding hydrogens is 287 g/mol. The SMILES string of the molecule is Nc1ccc(O)cc1C(=O)Nc1c(Cl)cccc1Cl. The maximum absolute atomic E-state index is 12.1. The molecule has 0 saturated heterocycles. The number of amides is 1. The zero-order chi connectivity index (χ0) is 14.0. The van der Waals surface area contributed by atoms with Gasteiger partial charge in [-0.1, -0.05) is 29.3 Å². The number of rotatable bonds is 2. The summed E-state index contributed by atoms with van der Waals surface area (Å²) < 4.78 is 0. The number of phenols is 1. The van der Waals surface area contributed by atoms with E-state index < -0.39 is 5.91 Å². The molecule has 19 heavy (non-hydrogen) atoms. The second-order valence-corrected chi connectivity index (χ2v) is 4.64. The van der Waals surface area contributed by atoms with Gasteiger partial charge in [-0.25, -0.2) is 0 Å². The first-order valence-corrected chi connectivity index (χ1v) is 6.08. The maximum atomic E-state index is 12.1. The Morgan fingerprint density at radius 1 is 1.16 bits per heavy atom. The molecule has 2 aromatic carbocycles. The quantitative estimate of drug-likeness (QED) is 0.586. The van der Waals surface area contributed by atoms with E-state index in [0.29, 0.717) is 15.7 Å². The van der Waals surface area contributed by atoms with E-state index in [0.717, 1.165) is 0 Å². The summed E-state index contributed by atoms with van der Waals surface area (Å²) in [7, 11) is 0. The Morgan fingerprint density at radius 3 is 2.42 bits per heavy atom. The van der Waals surface area contributed by atoms with E-state index in [-0.39, 0.29) is 17.0 Å². The highest BCUT2D eigenvalue weighted by Gasteiger charge is 2.14. The van der Waals surface area contributed by atoms with Crippen molar-refractivity contribution in [3.05, 3.63) is 52.0 Å². The molecule has 2 rings (SSSR count). The highest BCUT2D eigenvalue weighted by Crippen LogP contribution is 2.30. The predicted molar refractivity (Wildman–Crippen MR) is 76.9 cm³/mol. The van der Waals surface area contributed by atoms with Crippen LogP contribution in [0.4, 0.5) is 11.4 Å². The molecule has 0 radical (unpaired) electrons. The Hall–Kier alpha value is -1.91. The summed E-state index contributed by atoms with van der Waals surface area (Å²) in [5, 5.41) is 12.6. The second-order valence-electron chi connectivity index (χ2n) is 3.82. The van der Waals surface area contributed by atoms with E-state index in [1.165, 1.54) is 18.2 Å². The molecule has 0 saturated carbocycles. The Labute approximate surface area is 119 Å². The fraction of sp³-hybridized carbons (Fsp3) is 0. The van der Waals surface area contributed by atoms with Crippen LogP contribution in [0.3, 0.4) is 0 Å². The van der Waals surface area contributed by atoms with Gasteiger partial charge in [0.15, 0.2) is 0 Å². The van der Waals surface area contributed by atoms with Gasteiger partial charge < -0.3 is 16.2 Å². The molecule has 0 fully saturated rings. The standard InChI is InChI=1S/C13H10Cl2N2O2/c14-9-2-1-3-10(15)12(9)17-13(19)8-6-7(18)4-5-11(8)16/h1-6,18H,16H2,(H,17,19). The summed E-state index contributed by atoms with van der Waals surface area (Å²) in [6, 6.07) is 9.00. The monoisotopic (exact) mass is 296 g/mol. The van der Waals surface area contributed by atoms with Gasteiger partial charge in [0.05, 0.1) is 21.3 Å². The van der Waals surface area contributed by atoms with Gasteiger partial charge >= 0.3 is 0 Å². The van der Waals surface area contributed by atoms with E-state index in [9.17, 15) is 9.90 Å². The van der Waals surface area contributed by atoms with Crippen molar-refractivity contribution >= 4 is 40.5 Å². The summed E-state index contributed by atoms with van der Waals surface area (Å²) in [4.78, 5) is 12.1. The minimum Gasteiger partial charge on any atom is -0.508 e. The Kier molecular flexibility index (Phi) is 3.83. The van der Waals surface area contributed by atoms with Crippen molar-refractivity contribution < 1.29 is 9.90 Å². The van der Waals surface area contributed by atoms with Crippen molar-refractivity contribution in [2.24, 2.45) is 0 Å². The predicted octanol–water partition coefficient (Wildman–Crippen LogP) is 3.53. The number of carbonyl (C=O) groups is 1. The van der Waals surface area contributed by atoms with Crippen LogP contribution in [-0.2, 0) is 0 Å². The normalized spacial score (nSPS) is 10.2. The molecule has 98 valence electrons. The van der Waals surface area contributed by atoms with E-state index in [1.807, 2.05) is 0 Å². The van der Waals surface area contributed by atoms with Crippen LogP contribution >= 0.6 is 23.2 Å². The summed E-state index contributed by atoms with van der Waals surface area (Å²) >= 11 is 11.9. The first-order valence-electron chi connectivity index (χ1n) is 5.33. The third kappa shape index (κ3) is 2.92. The number of anilines is 2. The van der Waals surface area contributed by atoms with E-state index in [2.05, 4.69) is 5.32 Å². The van der Waals surface area contributed by atoms with Gasteiger partial charge in [-0.2, -0.15) is 0 Å². The average molecular weight is 297 g/mol. The largest absolute Gasteiger partial charge is 0.508 e. The van der Waals surface area contributed by atoms with Crippen molar-refractivity contribution in [1.82, 2.24) is 0 Å². The maximum Gasteiger partial charge on any atom is 0.257 e. The number of carbonyl (C=O) groups excluding carboxylic acids is 1. The highest BCUT2D eigenvalue weighted by molar-refractivity contribution is 6.40. The molecule has 6 heteroatoms. The number of aromatic hydroxyl groups is 1. The number of hydrogen-bond acceptors (Lipinski definition) is 3. The summed E-state index contributed by atoms with van der Waals surface area (Å²) in [6.45, 7) is 0. The lowest BCUT2D eigenvalue weighted by molar-refractivity contribution is 0.102. The number of para-hydroxylation sites is 1. The van der Waals surface area contributed by atoms with Gasteiger partial charge in [-0.3, -0.25) is 4.79 Å².